The van der Waals surface area contributed by atoms with Gasteiger partial charge in [-0.2, -0.15) is 0 Å². The average molecular weight is 285 g/mol. The van der Waals surface area contributed by atoms with Crippen molar-refractivity contribution in [1.82, 2.24) is 4.98 Å². The summed E-state index contributed by atoms with van der Waals surface area (Å²) in [6.45, 7) is 0. The number of benzene rings is 1. The minimum Gasteiger partial charge on any atom is -0.406 e. The fourth-order valence-electron chi connectivity index (χ4n) is 1.63. The van der Waals surface area contributed by atoms with Crippen molar-refractivity contribution in [2.24, 2.45) is 0 Å². The standard InChI is InChI=1S/C13H7F4NO2/c14-12-6-18-5-10(11(12)7-19)8-1-3-9(4-2-8)20-13(15,16)17/h1-7H. The molecule has 0 amide bonds. The van der Waals surface area contributed by atoms with Crippen LogP contribution in [-0.2, 0) is 0 Å². The molecule has 0 spiro atoms. The molecule has 0 aliphatic rings. The number of halogens is 4. The highest BCUT2D eigenvalue weighted by Crippen LogP contribution is 2.28. The third-order valence-electron chi connectivity index (χ3n) is 2.46. The molecule has 0 bridgehead atoms. The lowest BCUT2D eigenvalue weighted by Crippen LogP contribution is -2.16. The second-order valence-corrected chi connectivity index (χ2v) is 3.77. The molecule has 104 valence electrons. The van der Waals surface area contributed by atoms with Crippen LogP contribution in [0.1, 0.15) is 10.4 Å². The Kier molecular flexibility index (Phi) is 3.69. The van der Waals surface area contributed by atoms with Gasteiger partial charge in [0.2, 0.25) is 0 Å². The van der Waals surface area contributed by atoms with E-state index in [1.165, 1.54) is 18.3 Å². The van der Waals surface area contributed by atoms with Crippen LogP contribution in [0.4, 0.5) is 17.6 Å². The molecule has 0 saturated heterocycles. The van der Waals surface area contributed by atoms with Crippen LogP contribution in [-0.4, -0.2) is 17.6 Å². The van der Waals surface area contributed by atoms with Gasteiger partial charge in [0.1, 0.15) is 5.75 Å². The van der Waals surface area contributed by atoms with Crippen LogP contribution in [0.25, 0.3) is 11.1 Å². The molecular formula is C13H7F4NO2. The van der Waals surface area contributed by atoms with E-state index in [2.05, 4.69) is 9.72 Å². The topological polar surface area (TPSA) is 39.2 Å². The molecule has 1 aromatic heterocycles. The van der Waals surface area contributed by atoms with E-state index < -0.39 is 17.9 Å². The Labute approximate surface area is 110 Å². The van der Waals surface area contributed by atoms with Gasteiger partial charge < -0.3 is 4.74 Å². The van der Waals surface area contributed by atoms with E-state index in [9.17, 15) is 22.4 Å². The zero-order chi connectivity index (χ0) is 14.8. The van der Waals surface area contributed by atoms with Crippen molar-refractivity contribution in [1.29, 1.82) is 0 Å². The van der Waals surface area contributed by atoms with E-state index in [-0.39, 0.29) is 11.1 Å². The Bertz CT molecular complexity index is 623. The summed E-state index contributed by atoms with van der Waals surface area (Å²) in [7, 11) is 0. The molecule has 3 nitrogen and oxygen atoms in total. The second kappa shape index (κ2) is 5.28. The molecular weight excluding hydrogens is 278 g/mol. The summed E-state index contributed by atoms with van der Waals surface area (Å²) in [6, 6.07) is 4.71. The Morgan fingerprint density at radius 3 is 2.30 bits per heavy atom. The predicted octanol–water partition coefficient (Wildman–Crippen LogP) is 3.60. The number of alkyl halides is 3. The minimum atomic E-state index is -4.78. The molecule has 0 N–H and O–H groups in total. The van der Waals surface area contributed by atoms with Crippen molar-refractivity contribution in [3.63, 3.8) is 0 Å². The summed E-state index contributed by atoms with van der Waals surface area (Å²) in [5, 5.41) is 0. The van der Waals surface area contributed by atoms with Crippen molar-refractivity contribution in [2.75, 3.05) is 0 Å². The van der Waals surface area contributed by atoms with Crippen molar-refractivity contribution in [3.05, 3.63) is 48.0 Å². The molecule has 0 unspecified atom stereocenters. The van der Waals surface area contributed by atoms with E-state index in [1.807, 2.05) is 0 Å². The first kappa shape index (κ1) is 14.0. The summed E-state index contributed by atoms with van der Waals surface area (Å²) < 4.78 is 53.1. The fourth-order valence-corrected chi connectivity index (χ4v) is 1.63. The van der Waals surface area contributed by atoms with E-state index >= 15 is 0 Å². The van der Waals surface area contributed by atoms with Crippen molar-refractivity contribution < 1.29 is 27.1 Å². The molecule has 2 rings (SSSR count). The molecule has 1 heterocycles. The van der Waals surface area contributed by atoms with Crippen LogP contribution in [0.3, 0.4) is 0 Å². The maximum absolute atomic E-state index is 13.4. The monoisotopic (exact) mass is 285 g/mol. The molecule has 0 aliphatic heterocycles. The van der Waals surface area contributed by atoms with Crippen molar-refractivity contribution >= 4 is 6.29 Å². The SMILES string of the molecule is O=Cc1c(F)cncc1-c1ccc(OC(F)(F)F)cc1. The molecule has 20 heavy (non-hydrogen) atoms. The van der Waals surface area contributed by atoms with Gasteiger partial charge in [0, 0.05) is 11.8 Å². The number of rotatable bonds is 3. The summed E-state index contributed by atoms with van der Waals surface area (Å²) in [4.78, 5) is 14.4. The summed E-state index contributed by atoms with van der Waals surface area (Å²) in [5.74, 6) is -1.20. The van der Waals surface area contributed by atoms with Crippen LogP contribution in [0.2, 0.25) is 0 Å². The number of ether oxygens (including phenoxy) is 1. The number of carbonyl (C=O) groups is 1. The van der Waals surface area contributed by atoms with Crippen LogP contribution in [0, 0.1) is 5.82 Å². The van der Waals surface area contributed by atoms with Crippen molar-refractivity contribution in [2.45, 2.75) is 6.36 Å². The Morgan fingerprint density at radius 2 is 1.75 bits per heavy atom. The van der Waals surface area contributed by atoms with Crippen LogP contribution in [0.15, 0.2) is 36.7 Å². The number of aldehydes is 1. The molecule has 0 radical (unpaired) electrons. The van der Waals surface area contributed by atoms with Gasteiger partial charge >= 0.3 is 6.36 Å². The number of hydrogen-bond donors (Lipinski definition) is 0. The fraction of sp³-hybridized carbons (Fsp3) is 0.0769. The first-order chi connectivity index (χ1) is 9.40. The predicted molar refractivity (Wildman–Crippen MR) is 61.7 cm³/mol. The highest BCUT2D eigenvalue weighted by atomic mass is 19.4. The number of pyridine rings is 1. The lowest BCUT2D eigenvalue weighted by Gasteiger charge is -2.10. The lowest BCUT2D eigenvalue weighted by atomic mass is 10.0. The van der Waals surface area contributed by atoms with E-state index in [4.69, 9.17) is 0 Å². The summed E-state index contributed by atoms with van der Waals surface area (Å²) in [5.41, 5.74) is 0.344. The van der Waals surface area contributed by atoms with Gasteiger partial charge in [-0.25, -0.2) is 4.39 Å². The molecule has 1 aromatic carbocycles. The minimum absolute atomic E-state index is 0.193. The smallest absolute Gasteiger partial charge is 0.406 e. The van der Waals surface area contributed by atoms with Gasteiger partial charge in [-0.1, -0.05) is 12.1 Å². The summed E-state index contributed by atoms with van der Waals surface area (Å²) in [6.07, 6.45) is -2.32. The van der Waals surface area contributed by atoms with Gasteiger partial charge in [0.15, 0.2) is 12.1 Å². The Hall–Kier alpha value is -2.44. The number of hydrogen-bond acceptors (Lipinski definition) is 3. The first-order valence-electron chi connectivity index (χ1n) is 5.35. The number of nitrogens with zero attached hydrogens (tertiary/aromatic N) is 1. The largest absolute Gasteiger partial charge is 0.573 e. The molecule has 0 saturated carbocycles. The molecule has 2 aromatic rings. The van der Waals surface area contributed by atoms with E-state index in [1.54, 1.807) is 0 Å². The second-order valence-electron chi connectivity index (χ2n) is 3.77. The third-order valence-corrected chi connectivity index (χ3v) is 2.46. The van der Waals surface area contributed by atoms with E-state index in [0.717, 1.165) is 18.3 Å². The Morgan fingerprint density at radius 1 is 1.10 bits per heavy atom. The average Bonchev–Trinajstić information content (AvgIpc) is 2.37. The molecule has 0 atom stereocenters. The van der Waals surface area contributed by atoms with Gasteiger partial charge in [0.25, 0.3) is 0 Å². The highest BCUT2D eigenvalue weighted by molar-refractivity contribution is 5.87. The van der Waals surface area contributed by atoms with Gasteiger partial charge in [0.05, 0.1) is 11.8 Å². The Balaban J connectivity index is 2.36. The van der Waals surface area contributed by atoms with Gasteiger partial charge in [-0.05, 0) is 17.7 Å². The lowest BCUT2D eigenvalue weighted by molar-refractivity contribution is -0.274. The number of aromatic nitrogens is 1. The summed E-state index contributed by atoms with van der Waals surface area (Å²) >= 11 is 0. The van der Waals surface area contributed by atoms with Gasteiger partial charge in [-0.15, -0.1) is 13.2 Å². The maximum atomic E-state index is 13.4. The molecule has 0 fully saturated rings. The maximum Gasteiger partial charge on any atom is 0.573 e. The molecule has 7 heteroatoms. The number of carbonyl (C=O) groups excluding carboxylic acids is 1. The zero-order valence-corrected chi connectivity index (χ0v) is 9.82. The normalized spacial score (nSPS) is 11.2. The highest BCUT2D eigenvalue weighted by Gasteiger charge is 2.31. The van der Waals surface area contributed by atoms with Crippen LogP contribution < -0.4 is 4.74 Å². The van der Waals surface area contributed by atoms with Gasteiger partial charge in [-0.3, -0.25) is 9.78 Å². The van der Waals surface area contributed by atoms with E-state index in [0.29, 0.717) is 11.8 Å². The molecule has 0 aliphatic carbocycles. The van der Waals surface area contributed by atoms with Crippen molar-refractivity contribution in [3.8, 4) is 16.9 Å². The van der Waals surface area contributed by atoms with Crippen LogP contribution >= 0.6 is 0 Å². The first-order valence-corrected chi connectivity index (χ1v) is 5.35. The zero-order valence-electron chi connectivity index (χ0n) is 9.82. The quantitative estimate of drug-likeness (QED) is 0.639. The third kappa shape index (κ3) is 3.11. The van der Waals surface area contributed by atoms with Crippen LogP contribution in [0.5, 0.6) is 5.75 Å².